The second-order valence-corrected chi connectivity index (χ2v) is 10.9. The second-order valence-electron chi connectivity index (χ2n) is 9.03. The van der Waals surface area contributed by atoms with Crippen LogP contribution >= 0.6 is 35.0 Å². The standard InChI is InChI=1S/C29H26Cl2N2O5S/c1-17(2)19-6-9-22(10-7-19)32-27(34)15-33-28(35)26(39-29(33)36)13-18-4-11-24(25(12-18)37-3)38-16-20-5-8-21(30)14-23(20)31/h4-14,17H,15-16H2,1-3H3,(H,32,34)/b26-13+. The smallest absolute Gasteiger partial charge is 0.294 e. The molecule has 202 valence electrons. The van der Waals surface area contributed by atoms with E-state index < -0.39 is 17.1 Å². The number of nitrogens with zero attached hydrogens (tertiary/aromatic N) is 1. The number of rotatable bonds is 9. The van der Waals surface area contributed by atoms with Gasteiger partial charge in [0.05, 0.1) is 12.0 Å². The lowest BCUT2D eigenvalue weighted by Crippen LogP contribution is -2.36. The molecule has 0 saturated carbocycles. The van der Waals surface area contributed by atoms with Gasteiger partial charge in [-0.2, -0.15) is 0 Å². The monoisotopic (exact) mass is 584 g/mol. The minimum atomic E-state index is -0.535. The Morgan fingerprint density at radius 3 is 2.44 bits per heavy atom. The number of carbonyl (C=O) groups excluding carboxylic acids is 3. The Labute approximate surface area is 241 Å². The molecule has 0 unspecified atom stereocenters. The Hall–Kier alpha value is -3.46. The van der Waals surface area contributed by atoms with Gasteiger partial charge in [0, 0.05) is 21.3 Å². The van der Waals surface area contributed by atoms with Gasteiger partial charge in [-0.1, -0.05) is 61.3 Å². The van der Waals surface area contributed by atoms with Gasteiger partial charge in [0.15, 0.2) is 11.5 Å². The summed E-state index contributed by atoms with van der Waals surface area (Å²) in [6.07, 6.45) is 1.58. The molecule has 1 aliphatic heterocycles. The molecule has 1 fully saturated rings. The molecule has 0 spiro atoms. The Kier molecular flexibility index (Phi) is 9.22. The van der Waals surface area contributed by atoms with Gasteiger partial charge in [-0.15, -0.1) is 0 Å². The van der Waals surface area contributed by atoms with Crippen LogP contribution in [0.3, 0.4) is 0 Å². The molecule has 10 heteroatoms. The third kappa shape index (κ3) is 7.15. The van der Waals surface area contributed by atoms with E-state index in [1.165, 1.54) is 7.11 Å². The summed E-state index contributed by atoms with van der Waals surface area (Å²) in [7, 11) is 1.50. The summed E-state index contributed by atoms with van der Waals surface area (Å²) in [6.45, 7) is 3.99. The lowest BCUT2D eigenvalue weighted by Gasteiger charge is -2.13. The van der Waals surface area contributed by atoms with Crippen molar-refractivity contribution in [2.45, 2.75) is 26.4 Å². The molecule has 0 atom stereocenters. The molecule has 39 heavy (non-hydrogen) atoms. The van der Waals surface area contributed by atoms with E-state index in [-0.39, 0.29) is 18.1 Å². The van der Waals surface area contributed by atoms with Gasteiger partial charge in [0.2, 0.25) is 5.91 Å². The molecule has 1 N–H and O–H groups in total. The first-order chi connectivity index (χ1) is 18.6. The average Bonchev–Trinajstić information content (AvgIpc) is 3.16. The number of nitrogens with one attached hydrogen (secondary N) is 1. The highest BCUT2D eigenvalue weighted by Gasteiger charge is 2.36. The number of hydrogen-bond donors (Lipinski definition) is 1. The largest absolute Gasteiger partial charge is 0.493 e. The second kappa shape index (κ2) is 12.6. The lowest BCUT2D eigenvalue weighted by molar-refractivity contribution is -0.127. The number of amides is 3. The molecule has 3 aromatic rings. The van der Waals surface area contributed by atoms with Crippen molar-refractivity contribution in [3.8, 4) is 11.5 Å². The fourth-order valence-electron chi connectivity index (χ4n) is 3.77. The van der Waals surface area contributed by atoms with E-state index in [4.69, 9.17) is 32.7 Å². The Balaban J connectivity index is 1.41. The van der Waals surface area contributed by atoms with Gasteiger partial charge < -0.3 is 14.8 Å². The summed E-state index contributed by atoms with van der Waals surface area (Å²) >= 11 is 12.9. The molecule has 3 aromatic carbocycles. The first-order valence-electron chi connectivity index (χ1n) is 12.0. The van der Waals surface area contributed by atoms with Gasteiger partial charge in [0.25, 0.3) is 11.1 Å². The Morgan fingerprint density at radius 2 is 1.77 bits per heavy atom. The quantitative estimate of drug-likeness (QED) is 0.264. The number of halogens is 2. The van der Waals surface area contributed by atoms with Crippen LogP contribution in [0.1, 0.15) is 36.5 Å². The molecule has 0 aliphatic carbocycles. The van der Waals surface area contributed by atoms with Crippen molar-refractivity contribution in [3.63, 3.8) is 0 Å². The number of ether oxygens (including phenoxy) is 2. The van der Waals surface area contributed by atoms with E-state index in [0.717, 1.165) is 27.8 Å². The predicted molar refractivity (Wildman–Crippen MR) is 156 cm³/mol. The lowest BCUT2D eigenvalue weighted by atomic mass is 10.0. The minimum absolute atomic E-state index is 0.203. The molecule has 4 rings (SSSR count). The number of thioether (sulfide) groups is 1. The zero-order valence-corrected chi connectivity index (χ0v) is 23.8. The molecule has 1 heterocycles. The molecule has 0 aromatic heterocycles. The van der Waals surface area contributed by atoms with E-state index >= 15 is 0 Å². The highest BCUT2D eigenvalue weighted by molar-refractivity contribution is 8.18. The molecular formula is C29H26Cl2N2O5S. The molecule has 1 saturated heterocycles. The molecule has 1 aliphatic rings. The van der Waals surface area contributed by atoms with Crippen LogP contribution < -0.4 is 14.8 Å². The van der Waals surface area contributed by atoms with E-state index in [1.807, 2.05) is 12.1 Å². The van der Waals surface area contributed by atoms with Crippen molar-refractivity contribution in [2.24, 2.45) is 0 Å². The van der Waals surface area contributed by atoms with Crippen molar-refractivity contribution in [1.82, 2.24) is 4.90 Å². The molecule has 0 bridgehead atoms. The van der Waals surface area contributed by atoms with E-state index in [9.17, 15) is 14.4 Å². The van der Waals surface area contributed by atoms with Crippen molar-refractivity contribution in [2.75, 3.05) is 19.0 Å². The van der Waals surface area contributed by atoms with Crippen molar-refractivity contribution < 1.29 is 23.9 Å². The van der Waals surface area contributed by atoms with E-state index in [0.29, 0.717) is 38.7 Å². The summed E-state index contributed by atoms with van der Waals surface area (Å²) in [6, 6.07) is 17.7. The summed E-state index contributed by atoms with van der Waals surface area (Å²) < 4.78 is 11.3. The van der Waals surface area contributed by atoms with Crippen LogP contribution in [0.2, 0.25) is 10.0 Å². The Bertz CT molecular complexity index is 1440. The number of hydrogen-bond acceptors (Lipinski definition) is 6. The summed E-state index contributed by atoms with van der Waals surface area (Å²) in [5.74, 6) is 0.295. The maximum atomic E-state index is 12.9. The first-order valence-corrected chi connectivity index (χ1v) is 13.6. The summed E-state index contributed by atoms with van der Waals surface area (Å²) in [5.41, 5.74) is 3.13. The molecule has 7 nitrogen and oxygen atoms in total. The van der Waals surface area contributed by atoms with E-state index in [1.54, 1.807) is 54.6 Å². The van der Waals surface area contributed by atoms with Crippen LogP contribution in [0.25, 0.3) is 6.08 Å². The topological polar surface area (TPSA) is 84.9 Å². The van der Waals surface area contributed by atoms with Crippen LogP contribution in [-0.2, 0) is 16.2 Å². The zero-order chi connectivity index (χ0) is 28.1. The van der Waals surface area contributed by atoms with Gasteiger partial charge in [0.1, 0.15) is 13.2 Å². The normalized spacial score (nSPS) is 14.3. The Morgan fingerprint density at radius 1 is 1.03 bits per heavy atom. The van der Waals surface area contributed by atoms with Gasteiger partial charge in [-0.3, -0.25) is 19.3 Å². The van der Waals surface area contributed by atoms with Gasteiger partial charge in [-0.25, -0.2) is 0 Å². The number of carbonyl (C=O) groups is 3. The van der Waals surface area contributed by atoms with Crippen molar-refractivity contribution >= 4 is 63.8 Å². The number of imide groups is 1. The van der Waals surface area contributed by atoms with Crippen LogP contribution in [0.5, 0.6) is 11.5 Å². The maximum Gasteiger partial charge on any atom is 0.294 e. The SMILES string of the molecule is COc1cc(/C=C2/SC(=O)N(CC(=O)Nc3ccc(C(C)C)cc3)C2=O)ccc1OCc1ccc(Cl)cc1Cl. The number of anilines is 1. The van der Waals surface area contributed by atoms with Crippen LogP contribution in [0.15, 0.2) is 65.6 Å². The van der Waals surface area contributed by atoms with Crippen molar-refractivity contribution in [3.05, 3.63) is 92.3 Å². The number of benzene rings is 3. The third-order valence-corrected chi connectivity index (χ3v) is 7.41. The van der Waals surface area contributed by atoms with Crippen LogP contribution in [-0.4, -0.2) is 35.6 Å². The average molecular weight is 586 g/mol. The summed E-state index contributed by atoms with van der Waals surface area (Å²) in [4.78, 5) is 39.1. The van der Waals surface area contributed by atoms with Crippen LogP contribution in [0.4, 0.5) is 10.5 Å². The highest BCUT2D eigenvalue weighted by atomic mass is 35.5. The highest BCUT2D eigenvalue weighted by Crippen LogP contribution is 2.35. The zero-order valence-electron chi connectivity index (χ0n) is 21.5. The van der Waals surface area contributed by atoms with Crippen LogP contribution in [0, 0.1) is 0 Å². The van der Waals surface area contributed by atoms with Gasteiger partial charge >= 0.3 is 0 Å². The fourth-order valence-corrected chi connectivity index (χ4v) is 5.07. The molecule has 0 radical (unpaired) electrons. The predicted octanol–water partition coefficient (Wildman–Crippen LogP) is 7.38. The molecule has 3 amide bonds. The minimum Gasteiger partial charge on any atom is -0.493 e. The maximum absolute atomic E-state index is 12.9. The first kappa shape index (κ1) is 28.5. The number of methoxy groups -OCH3 is 1. The molecular weight excluding hydrogens is 559 g/mol. The van der Waals surface area contributed by atoms with Crippen molar-refractivity contribution in [1.29, 1.82) is 0 Å². The van der Waals surface area contributed by atoms with Gasteiger partial charge in [-0.05, 0) is 71.3 Å². The fraction of sp³-hybridized carbons (Fsp3) is 0.207. The third-order valence-electron chi connectivity index (χ3n) is 5.92. The van der Waals surface area contributed by atoms with E-state index in [2.05, 4.69) is 19.2 Å². The summed E-state index contributed by atoms with van der Waals surface area (Å²) in [5, 5.41) is 3.25.